The van der Waals surface area contributed by atoms with E-state index in [-0.39, 0.29) is 12.3 Å². The first-order valence-electron chi connectivity index (χ1n) is 8.28. The number of rotatable bonds is 5. The second-order valence-corrected chi connectivity index (χ2v) is 5.64. The molecule has 0 amide bonds. The molecule has 0 radical (unpaired) electrons. The van der Waals surface area contributed by atoms with Crippen LogP contribution in [-0.2, 0) is 9.53 Å². The number of para-hydroxylation sites is 2. The average Bonchev–Trinajstić information content (AvgIpc) is 3.09. The average molecular weight is 336 g/mol. The van der Waals surface area contributed by atoms with Gasteiger partial charge < -0.3 is 20.1 Å². The van der Waals surface area contributed by atoms with Crippen molar-refractivity contribution in [2.75, 3.05) is 29.5 Å². The summed E-state index contributed by atoms with van der Waals surface area (Å²) in [6.45, 7) is 3.34. The number of hydrogen-bond donors (Lipinski definition) is 0. The number of benzene rings is 2. The fourth-order valence-corrected chi connectivity index (χ4v) is 3.11. The molecule has 3 rings (SSSR count). The van der Waals surface area contributed by atoms with Crippen LogP contribution in [0.1, 0.15) is 6.92 Å². The zero-order chi connectivity index (χ0) is 17.6. The zero-order valence-corrected chi connectivity index (χ0v) is 14.1. The van der Waals surface area contributed by atoms with Crippen molar-refractivity contribution in [2.45, 2.75) is 13.1 Å². The van der Waals surface area contributed by atoms with Gasteiger partial charge in [0, 0.05) is 24.5 Å². The molecule has 1 aliphatic heterocycles. The summed E-state index contributed by atoms with van der Waals surface area (Å²) in [5, 5.41) is 0. The maximum absolute atomic E-state index is 12.3. The summed E-state index contributed by atoms with van der Waals surface area (Å²) in [6, 6.07) is 19.5. The van der Waals surface area contributed by atoms with Crippen molar-refractivity contribution in [3.8, 4) is 0 Å². The zero-order valence-electron chi connectivity index (χ0n) is 14.1. The second-order valence-electron chi connectivity index (χ2n) is 5.64. The number of carbonyl (C=O) groups excluding carboxylic acids is 1. The highest BCUT2D eigenvalue weighted by Gasteiger charge is 2.45. The molecule has 0 aromatic heterocycles. The van der Waals surface area contributed by atoms with Gasteiger partial charge in [0.25, 0.3) is 0 Å². The van der Waals surface area contributed by atoms with Crippen LogP contribution < -0.4 is 9.80 Å². The maximum Gasteiger partial charge on any atom is 0.421 e. The van der Waals surface area contributed by atoms with Gasteiger partial charge in [0.15, 0.2) is 0 Å². The van der Waals surface area contributed by atoms with Crippen LogP contribution in [-0.4, -0.2) is 42.3 Å². The molecule has 1 saturated heterocycles. The highest BCUT2D eigenvalue weighted by Crippen LogP contribution is 2.28. The Morgan fingerprint density at radius 2 is 1.52 bits per heavy atom. The monoisotopic (exact) mass is 336 g/mol. The summed E-state index contributed by atoms with van der Waals surface area (Å²) >= 11 is 0. The van der Waals surface area contributed by atoms with Crippen LogP contribution in [0.3, 0.4) is 0 Å². The Bertz CT molecular complexity index is 725. The van der Waals surface area contributed by atoms with Crippen molar-refractivity contribution in [1.29, 1.82) is 0 Å². The van der Waals surface area contributed by atoms with E-state index >= 15 is 0 Å². The van der Waals surface area contributed by atoms with Crippen molar-refractivity contribution in [3.63, 3.8) is 0 Å². The minimum absolute atomic E-state index is 0.0212. The van der Waals surface area contributed by atoms with Crippen molar-refractivity contribution in [2.24, 2.45) is 0 Å². The highest BCUT2D eigenvalue weighted by molar-refractivity contribution is 6.37. The molecule has 0 unspecified atom stereocenters. The maximum atomic E-state index is 12.3. The van der Waals surface area contributed by atoms with Crippen LogP contribution in [0.25, 0.3) is 5.53 Å². The SMILES string of the molecule is CCOC(=O)C(=[N+]=[N-])C1N(c2ccccc2)CCN1c1ccccc1. The van der Waals surface area contributed by atoms with Crippen molar-refractivity contribution in [1.82, 2.24) is 0 Å². The molecule has 6 heteroatoms. The third-order valence-electron chi connectivity index (χ3n) is 4.18. The highest BCUT2D eigenvalue weighted by atomic mass is 16.5. The molecule has 0 atom stereocenters. The molecular formula is C19H20N4O2. The Labute approximate surface area is 146 Å². The van der Waals surface area contributed by atoms with Gasteiger partial charge in [-0.3, -0.25) is 0 Å². The Morgan fingerprint density at radius 1 is 1.04 bits per heavy atom. The molecule has 0 N–H and O–H groups in total. The van der Waals surface area contributed by atoms with Crippen LogP contribution in [0.5, 0.6) is 0 Å². The third-order valence-corrected chi connectivity index (χ3v) is 4.18. The molecule has 0 bridgehead atoms. The lowest BCUT2D eigenvalue weighted by Crippen LogP contribution is -2.49. The van der Waals surface area contributed by atoms with E-state index in [4.69, 9.17) is 4.74 Å². The number of hydrogen-bond acceptors (Lipinski definition) is 4. The Kier molecular flexibility index (Phi) is 5.11. The van der Waals surface area contributed by atoms with Gasteiger partial charge in [-0.25, -0.2) is 4.79 Å². The lowest BCUT2D eigenvalue weighted by molar-refractivity contribution is -0.140. The Morgan fingerprint density at radius 3 is 1.92 bits per heavy atom. The normalized spacial score (nSPS) is 14.3. The lowest BCUT2D eigenvalue weighted by atomic mass is 10.2. The van der Waals surface area contributed by atoms with Crippen LogP contribution in [0, 0.1) is 0 Å². The van der Waals surface area contributed by atoms with E-state index in [9.17, 15) is 10.3 Å². The van der Waals surface area contributed by atoms with Gasteiger partial charge in [-0.05, 0) is 31.2 Å². The number of esters is 1. The van der Waals surface area contributed by atoms with Gasteiger partial charge in [0.05, 0.1) is 6.61 Å². The summed E-state index contributed by atoms with van der Waals surface area (Å²) in [5.41, 5.74) is 11.4. The van der Waals surface area contributed by atoms with Crippen molar-refractivity contribution >= 4 is 23.1 Å². The van der Waals surface area contributed by atoms with Crippen LogP contribution in [0.15, 0.2) is 60.7 Å². The van der Waals surface area contributed by atoms with E-state index in [2.05, 4.69) is 4.79 Å². The minimum Gasteiger partial charge on any atom is -0.457 e. The molecule has 2 aromatic rings. The predicted octanol–water partition coefficient (Wildman–Crippen LogP) is 2.57. The molecule has 1 aliphatic rings. The fourth-order valence-electron chi connectivity index (χ4n) is 3.11. The van der Waals surface area contributed by atoms with Gasteiger partial charge >= 0.3 is 11.7 Å². The molecule has 6 nitrogen and oxygen atoms in total. The van der Waals surface area contributed by atoms with Gasteiger partial charge in [-0.2, -0.15) is 4.79 Å². The summed E-state index contributed by atoms with van der Waals surface area (Å²) in [6.07, 6.45) is -0.533. The smallest absolute Gasteiger partial charge is 0.421 e. The third kappa shape index (κ3) is 3.39. The van der Waals surface area contributed by atoms with Gasteiger partial charge in [0.1, 0.15) is 0 Å². The molecule has 128 valence electrons. The summed E-state index contributed by atoms with van der Waals surface area (Å²) in [5.74, 6) is -0.612. The molecule has 1 fully saturated rings. The van der Waals surface area contributed by atoms with E-state index in [0.29, 0.717) is 13.1 Å². The van der Waals surface area contributed by atoms with Gasteiger partial charge in [-0.15, -0.1) is 0 Å². The van der Waals surface area contributed by atoms with Crippen molar-refractivity contribution < 1.29 is 14.3 Å². The van der Waals surface area contributed by atoms with E-state index < -0.39 is 12.1 Å². The lowest BCUT2D eigenvalue weighted by Gasteiger charge is -2.28. The van der Waals surface area contributed by atoms with E-state index in [1.807, 2.05) is 70.5 Å². The first-order chi connectivity index (χ1) is 12.3. The number of carbonyl (C=O) groups is 1. The molecule has 2 aromatic carbocycles. The number of nitrogens with zero attached hydrogens (tertiary/aromatic N) is 4. The second kappa shape index (κ2) is 7.64. The molecule has 1 heterocycles. The van der Waals surface area contributed by atoms with E-state index in [1.165, 1.54) is 0 Å². The number of anilines is 2. The molecule has 0 spiro atoms. The Hall–Kier alpha value is -3.11. The first kappa shape index (κ1) is 16.7. The minimum atomic E-state index is -0.612. The molecule has 0 saturated carbocycles. The topological polar surface area (TPSA) is 69.2 Å². The summed E-state index contributed by atoms with van der Waals surface area (Å²) in [4.78, 5) is 19.7. The quantitative estimate of drug-likeness (QED) is 0.364. The summed E-state index contributed by atoms with van der Waals surface area (Å²) in [7, 11) is 0. The summed E-state index contributed by atoms with van der Waals surface area (Å²) < 4.78 is 5.09. The van der Waals surface area contributed by atoms with E-state index in [0.717, 1.165) is 11.4 Å². The van der Waals surface area contributed by atoms with Crippen LogP contribution in [0.4, 0.5) is 11.4 Å². The van der Waals surface area contributed by atoms with Crippen LogP contribution in [0.2, 0.25) is 0 Å². The fraction of sp³-hybridized carbons (Fsp3) is 0.263. The van der Waals surface area contributed by atoms with Crippen LogP contribution >= 0.6 is 0 Å². The van der Waals surface area contributed by atoms with Gasteiger partial charge in [0.2, 0.25) is 6.17 Å². The molecule has 0 aliphatic carbocycles. The Balaban J connectivity index is 2.03. The number of ether oxygens (including phenoxy) is 1. The van der Waals surface area contributed by atoms with Crippen molar-refractivity contribution in [3.05, 3.63) is 66.2 Å². The first-order valence-corrected chi connectivity index (χ1v) is 8.28. The van der Waals surface area contributed by atoms with E-state index in [1.54, 1.807) is 6.92 Å². The van der Waals surface area contributed by atoms with Gasteiger partial charge in [-0.1, -0.05) is 36.4 Å². The predicted molar refractivity (Wildman–Crippen MR) is 96.6 cm³/mol. The molecule has 25 heavy (non-hydrogen) atoms. The standard InChI is InChI=1S/C19H20N4O2/c1-2-25-19(24)17(21-20)18-22(15-9-5-3-6-10-15)13-14-23(18)16-11-7-4-8-12-16/h3-12,18H,2,13-14H2,1H3. The largest absolute Gasteiger partial charge is 0.457 e. The molecular weight excluding hydrogens is 316 g/mol.